The van der Waals surface area contributed by atoms with Gasteiger partial charge in [-0.05, 0) is 29.7 Å². The molecule has 1 aromatic carbocycles. The molecular weight excluding hydrogens is 254 g/mol. The fraction of sp³-hybridized carbons (Fsp3) is 0.455. The van der Waals surface area contributed by atoms with Crippen LogP contribution in [0.2, 0.25) is 5.02 Å². The third-order valence-corrected chi connectivity index (χ3v) is 5.01. The molecule has 2 rings (SSSR count). The molecule has 82 valence electrons. The molecule has 1 saturated heterocycles. The number of alkyl halides is 1. The van der Waals surface area contributed by atoms with Gasteiger partial charge in [0.2, 0.25) is 0 Å². The first-order valence-corrected chi connectivity index (χ1v) is 6.80. The Bertz CT molecular complexity index is 356. The van der Waals surface area contributed by atoms with Gasteiger partial charge in [0.1, 0.15) is 5.82 Å². The molecule has 0 aliphatic carbocycles. The van der Waals surface area contributed by atoms with E-state index in [1.54, 1.807) is 6.07 Å². The SMILES string of the molecule is Fc1cccc(CC2CSCC2Cl)c1Cl. The third kappa shape index (κ3) is 2.61. The summed E-state index contributed by atoms with van der Waals surface area (Å²) in [5, 5.41) is 0.438. The van der Waals surface area contributed by atoms with Crippen molar-refractivity contribution in [3.63, 3.8) is 0 Å². The van der Waals surface area contributed by atoms with Crippen LogP contribution in [0.25, 0.3) is 0 Å². The van der Waals surface area contributed by atoms with Crippen LogP contribution in [-0.4, -0.2) is 16.9 Å². The topological polar surface area (TPSA) is 0 Å². The van der Waals surface area contributed by atoms with Crippen LogP contribution < -0.4 is 0 Å². The standard InChI is InChI=1S/C11H11Cl2FS/c12-9-6-15-5-8(9)4-7-2-1-3-10(14)11(7)13/h1-3,8-9H,4-6H2. The minimum absolute atomic E-state index is 0.189. The molecule has 0 amide bonds. The van der Waals surface area contributed by atoms with Gasteiger partial charge in [0, 0.05) is 11.1 Å². The monoisotopic (exact) mass is 264 g/mol. The van der Waals surface area contributed by atoms with E-state index in [0.29, 0.717) is 5.92 Å². The van der Waals surface area contributed by atoms with Crippen LogP contribution in [0, 0.1) is 11.7 Å². The quantitative estimate of drug-likeness (QED) is 0.728. The zero-order valence-corrected chi connectivity index (χ0v) is 10.4. The average Bonchev–Trinajstić information content (AvgIpc) is 2.60. The largest absolute Gasteiger partial charge is 0.205 e. The number of hydrogen-bond donors (Lipinski definition) is 0. The van der Waals surface area contributed by atoms with Gasteiger partial charge in [0.15, 0.2) is 0 Å². The summed E-state index contributed by atoms with van der Waals surface area (Å²) in [6.07, 6.45) is 0.776. The molecule has 0 radical (unpaired) electrons. The maximum absolute atomic E-state index is 13.2. The lowest BCUT2D eigenvalue weighted by atomic mass is 9.98. The molecule has 1 heterocycles. The fourth-order valence-corrected chi connectivity index (χ4v) is 3.79. The highest BCUT2D eigenvalue weighted by Gasteiger charge is 2.26. The Labute approximate surface area is 103 Å². The van der Waals surface area contributed by atoms with Crippen LogP contribution in [0.4, 0.5) is 4.39 Å². The first kappa shape index (κ1) is 11.6. The molecule has 1 aromatic rings. The predicted molar refractivity (Wildman–Crippen MR) is 65.6 cm³/mol. The van der Waals surface area contributed by atoms with Gasteiger partial charge in [-0.25, -0.2) is 4.39 Å². The molecule has 0 spiro atoms. The Hall–Kier alpha value is 0.0800. The van der Waals surface area contributed by atoms with Crippen LogP contribution in [0.5, 0.6) is 0 Å². The number of hydrogen-bond acceptors (Lipinski definition) is 1. The van der Waals surface area contributed by atoms with Gasteiger partial charge < -0.3 is 0 Å². The summed E-state index contributed by atoms with van der Waals surface area (Å²) in [5.74, 6) is 2.10. The second-order valence-electron chi connectivity index (χ2n) is 3.73. The van der Waals surface area contributed by atoms with Crippen LogP contribution in [-0.2, 0) is 6.42 Å². The Kier molecular flexibility index (Phi) is 3.81. The van der Waals surface area contributed by atoms with E-state index in [4.69, 9.17) is 23.2 Å². The molecule has 0 nitrogen and oxygen atoms in total. The molecular formula is C11H11Cl2FS. The van der Waals surface area contributed by atoms with Crippen LogP contribution in [0.3, 0.4) is 0 Å². The smallest absolute Gasteiger partial charge is 0.142 e. The lowest BCUT2D eigenvalue weighted by Gasteiger charge is -2.13. The van der Waals surface area contributed by atoms with Crippen molar-refractivity contribution in [3.05, 3.63) is 34.6 Å². The van der Waals surface area contributed by atoms with Gasteiger partial charge in [-0.3, -0.25) is 0 Å². The van der Waals surface area contributed by atoms with Crippen molar-refractivity contribution in [3.8, 4) is 0 Å². The maximum atomic E-state index is 13.2. The Balaban J connectivity index is 2.13. The molecule has 2 unspecified atom stereocenters. The van der Waals surface area contributed by atoms with Crippen molar-refractivity contribution < 1.29 is 4.39 Å². The molecule has 1 aliphatic rings. The predicted octanol–water partition coefficient (Wildman–Crippen LogP) is 3.99. The zero-order valence-electron chi connectivity index (χ0n) is 8.05. The van der Waals surface area contributed by atoms with Crippen molar-refractivity contribution in [1.82, 2.24) is 0 Å². The third-order valence-electron chi connectivity index (χ3n) is 2.63. The number of thioether (sulfide) groups is 1. The summed E-state index contributed by atoms with van der Waals surface area (Å²) < 4.78 is 13.2. The first-order valence-electron chi connectivity index (χ1n) is 4.83. The molecule has 0 saturated carbocycles. The van der Waals surface area contributed by atoms with Gasteiger partial charge in [-0.1, -0.05) is 23.7 Å². The number of benzene rings is 1. The maximum Gasteiger partial charge on any atom is 0.142 e. The summed E-state index contributed by atoms with van der Waals surface area (Å²) >= 11 is 13.9. The number of rotatable bonds is 2. The van der Waals surface area contributed by atoms with E-state index < -0.39 is 0 Å². The molecule has 2 atom stereocenters. The van der Waals surface area contributed by atoms with E-state index in [9.17, 15) is 4.39 Å². The summed E-state index contributed by atoms with van der Waals surface area (Å²) in [4.78, 5) is 0. The summed E-state index contributed by atoms with van der Waals surface area (Å²) in [6.45, 7) is 0. The van der Waals surface area contributed by atoms with Gasteiger partial charge >= 0.3 is 0 Å². The van der Waals surface area contributed by atoms with Crippen molar-refractivity contribution in [1.29, 1.82) is 0 Å². The van der Waals surface area contributed by atoms with E-state index in [1.807, 2.05) is 17.8 Å². The van der Waals surface area contributed by atoms with E-state index >= 15 is 0 Å². The normalized spacial score (nSPS) is 25.8. The highest BCUT2D eigenvalue weighted by Crippen LogP contribution is 2.33. The van der Waals surface area contributed by atoms with E-state index in [-0.39, 0.29) is 16.2 Å². The molecule has 15 heavy (non-hydrogen) atoms. The minimum Gasteiger partial charge on any atom is -0.205 e. The fourth-order valence-electron chi connectivity index (χ4n) is 1.75. The average molecular weight is 265 g/mol. The van der Waals surface area contributed by atoms with Gasteiger partial charge in [0.05, 0.1) is 5.02 Å². The van der Waals surface area contributed by atoms with Crippen LogP contribution in [0.1, 0.15) is 5.56 Å². The molecule has 0 N–H and O–H groups in total. The van der Waals surface area contributed by atoms with E-state index in [1.165, 1.54) is 6.07 Å². The molecule has 0 bridgehead atoms. The van der Waals surface area contributed by atoms with Gasteiger partial charge in [-0.15, -0.1) is 11.6 Å². The van der Waals surface area contributed by atoms with Crippen molar-refractivity contribution in [2.45, 2.75) is 11.8 Å². The van der Waals surface area contributed by atoms with E-state index in [0.717, 1.165) is 23.5 Å². The second-order valence-corrected chi connectivity index (χ2v) is 5.74. The first-order chi connectivity index (χ1) is 7.18. The molecule has 0 aromatic heterocycles. The van der Waals surface area contributed by atoms with Crippen molar-refractivity contribution in [2.75, 3.05) is 11.5 Å². The lowest BCUT2D eigenvalue weighted by Crippen LogP contribution is -2.15. The second kappa shape index (κ2) is 4.94. The minimum atomic E-state index is -0.342. The summed E-state index contributed by atoms with van der Waals surface area (Å²) in [5.41, 5.74) is 0.870. The van der Waals surface area contributed by atoms with E-state index in [2.05, 4.69) is 0 Å². The number of halogens is 3. The van der Waals surface area contributed by atoms with Crippen LogP contribution in [0.15, 0.2) is 18.2 Å². The highest BCUT2D eigenvalue weighted by molar-refractivity contribution is 7.99. The van der Waals surface area contributed by atoms with Gasteiger partial charge in [-0.2, -0.15) is 11.8 Å². The summed E-state index contributed by atoms with van der Waals surface area (Å²) in [7, 11) is 0. The van der Waals surface area contributed by atoms with Crippen molar-refractivity contribution in [2.24, 2.45) is 5.92 Å². The molecule has 4 heteroatoms. The zero-order chi connectivity index (χ0) is 10.8. The Morgan fingerprint density at radius 3 is 2.87 bits per heavy atom. The highest BCUT2D eigenvalue weighted by atomic mass is 35.5. The molecule has 1 fully saturated rings. The van der Waals surface area contributed by atoms with Crippen molar-refractivity contribution >= 4 is 35.0 Å². The Morgan fingerprint density at radius 2 is 2.20 bits per heavy atom. The Morgan fingerprint density at radius 1 is 1.40 bits per heavy atom. The molecule has 1 aliphatic heterocycles. The lowest BCUT2D eigenvalue weighted by molar-refractivity contribution is 0.592. The summed E-state index contributed by atoms with van der Waals surface area (Å²) in [6, 6.07) is 4.95. The van der Waals surface area contributed by atoms with Gasteiger partial charge in [0.25, 0.3) is 0 Å². The van der Waals surface area contributed by atoms with Crippen LogP contribution >= 0.6 is 35.0 Å².